The van der Waals surface area contributed by atoms with Crippen molar-refractivity contribution in [3.63, 3.8) is 0 Å². The van der Waals surface area contributed by atoms with E-state index < -0.39 is 0 Å². The number of fused-ring (bicyclic) bond motifs is 2. The summed E-state index contributed by atoms with van der Waals surface area (Å²) in [7, 11) is 0. The molecular formula is C10H10FN. The van der Waals surface area contributed by atoms with Crippen LogP contribution in [0.1, 0.15) is 24.0 Å². The van der Waals surface area contributed by atoms with Crippen molar-refractivity contribution in [1.82, 2.24) is 5.32 Å². The maximum atomic E-state index is 13.4. The van der Waals surface area contributed by atoms with E-state index in [0.29, 0.717) is 0 Å². The van der Waals surface area contributed by atoms with Gasteiger partial charge in [-0.2, -0.15) is 0 Å². The van der Waals surface area contributed by atoms with E-state index in [9.17, 15) is 4.39 Å². The Kier molecular flexibility index (Phi) is 1.04. The van der Waals surface area contributed by atoms with Crippen LogP contribution in [0.4, 0.5) is 4.39 Å². The molecule has 2 heteroatoms. The second-order valence-electron chi connectivity index (χ2n) is 3.71. The fraction of sp³-hybridized carbons (Fsp3) is 0.400. The SMILES string of the molecule is Fc1cccc2c1C1(CC1)NC2. The second-order valence-corrected chi connectivity index (χ2v) is 3.71. The Labute approximate surface area is 70.6 Å². The highest BCUT2D eigenvalue weighted by Gasteiger charge is 2.50. The van der Waals surface area contributed by atoms with Gasteiger partial charge >= 0.3 is 0 Å². The van der Waals surface area contributed by atoms with Crippen LogP contribution in [0.3, 0.4) is 0 Å². The molecule has 1 aliphatic carbocycles. The van der Waals surface area contributed by atoms with Crippen LogP contribution in [-0.2, 0) is 12.1 Å². The first-order valence-corrected chi connectivity index (χ1v) is 4.35. The van der Waals surface area contributed by atoms with Gasteiger partial charge in [-0.05, 0) is 24.5 Å². The molecule has 62 valence electrons. The minimum atomic E-state index is -0.0324. The molecule has 0 amide bonds. The van der Waals surface area contributed by atoms with Crippen LogP contribution in [0.5, 0.6) is 0 Å². The molecule has 0 bridgehead atoms. The van der Waals surface area contributed by atoms with Gasteiger partial charge in [0.1, 0.15) is 5.82 Å². The predicted octanol–water partition coefficient (Wildman–Crippen LogP) is 1.92. The van der Waals surface area contributed by atoms with E-state index in [-0.39, 0.29) is 11.4 Å². The lowest BCUT2D eigenvalue weighted by atomic mass is 10.0. The summed E-state index contributed by atoms with van der Waals surface area (Å²) in [5, 5.41) is 3.37. The van der Waals surface area contributed by atoms with Crippen LogP contribution in [0.15, 0.2) is 18.2 Å². The van der Waals surface area contributed by atoms with Crippen LogP contribution in [0.2, 0.25) is 0 Å². The molecule has 3 rings (SSSR count). The van der Waals surface area contributed by atoms with E-state index in [2.05, 4.69) is 5.32 Å². The van der Waals surface area contributed by atoms with Gasteiger partial charge in [-0.25, -0.2) is 4.39 Å². The third kappa shape index (κ3) is 0.661. The van der Waals surface area contributed by atoms with Gasteiger partial charge in [0.05, 0.1) is 0 Å². The lowest BCUT2D eigenvalue weighted by molar-refractivity contribution is 0.533. The second kappa shape index (κ2) is 1.88. The number of halogens is 1. The van der Waals surface area contributed by atoms with Crippen LogP contribution in [-0.4, -0.2) is 0 Å². The molecule has 0 saturated heterocycles. The lowest BCUT2D eigenvalue weighted by Gasteiger charge is -2.08. The van der Waals surface area contributed by atoms with E-state index in [4.69, 9.17) is 0 Å². The Morgan fingerprint density at radius 3 is 2.92 bits per heavy atom. The molecule has 1 nitrogen and oxygen atoms in total. The molecule has 1 N–H and O–H groups in total. The fourth-order valence-corrected chi connectivity index (χ4v) is 2.16. The van der Waals surface area contributed by atoms with Crippen molar-refractivity contribution in [2.75, 3.05) is 0 Å². The number of benzene rings is 1. The Bertz CT molecular complexity index is 342. The Morgan fingerprint density at radius 2 is 2.17 bits per heavy atom. The highest BCUT2D eigenvalue weighted by Crippen LogP contribution is 2.51. The third-order valence-corrected chi connectivity index (χ3v) is 2.95. The first-order valence-electron chi connectivity index (χ1n) is 4.35. The molecule has 2 aliphatic rings. The van der Waals surface area contributed by atoms with E-state index in [1.807, 2.05) is 6.07 Å². The van der Waals surface area contributed by atoms with Crippen LogP contribution >= 0.6 is 0 Å². The zero-order valence-electron chi connectivity index (χ0n) is 6.73. The number of nitrogens with one attached hydrogen (secondary N) is 1. The van der Waals surface area contributed by atoms with Gasteiger partial charge in [0.25, 0.3) is 0 Å². The molecule has 1 heterocycles. The average molecular weight is 163 g/mol. The van der Waals surface area contributed by atoms with Crippen molar-refractivity contribution in [3.05, 3.63) is 35.1 Å². The van der Waals surface area contributed by atoms with Gasteiger partial charge in [-0.15, -0.1) is 0 Å². The molecule has 1 saturated carbocycles. The lowest BCUT2D eigenvalue weighted by Crippen LogP contribution is -2.20. The summed E-state index contributed by atoms with van der Waals surface area (Å²) in [6, 6.07) is 5.36. The van der Waals surface area contributed by atoms with E-state index in [1.54, 1.807) is 12.1 Å². The van der Waals surface area contributed by atoms with Crippen LogP contribution in [0.25, 0.3) is 0 Å². The third-order valence-electron chi connectivity index (χ3n) is 2.95. The first-order chi connectivity index (χ1) is 5.82. The molecule has 1 aromatic carbocycles. The maximum Gasteiger partial charge on any atom is 0.128 e. The van der Waals surface area contributed by atoms with Gasteiger partial charge < -0.3 is 5.32 Å². The van der Waals surface area contributed by atoms with Gasteiger partial charge in [-0.3, -0.25) is 0 Å². The monoisotopic (exact) mass is 163 g/mol. The smallest absolute Gasteiger partial charge is 0.128 e. The molecule has 1 aromatic rings. The van der Waals surface area contributed by atoms with Gasteiger partial charge in [0, 0.05) is 17.6 Å². The fourth-order valence-electron chi connectivity index (χ4n) is 2.16. The Balaban J connectivity index is 2.26. The van der Waals surface area contributed by atoms with E-state index >= 15 is 0 Å². The van der Waals surface area contributed by atoms with Crippen molar-refractivity contribution >= 4 is 0 Å². The molecule has 1 spiro atoms. The molecular weight excluding hydrogens is 153 g/mol. The molecule has 1 fully saturated rings. The molecule has 0 radical (unpaired) electrons. The zero-order valence-corrected chi connectivity index (χ0v) is 6.73. The van der Waals surface area contributed by atoms with Gasteiger partial charge in [-0.1, -0.05) is 12.1 Å². The molecule has 1 aliphatic heterocycles. The minimum absolute atomic E-state index is 0.0324. The summed E-state index contributed by atoms with van der Waals surface area (Å²) >= 11 is 0. The van der Waals surface area contributed by atoms with E-state index in [0.717, 1.165) is 30.5 Å². The van der Waals surface area contributed by atoms with E-state index in [1.165, 1.54) is 0 Å². The summed E-state index contributed by atoms with van der Waals surface area (Å²) in [5.41, 5.74) is 2.12. The minimum Gasteiger partial charge on any atom is -0.303 e. The van der Waals surface area contributed by atoms with Crippen molar-refractivity contribution in [3.8, 4) is 0 Å². The Morgan fingerprint density at radius 1 is 1.33 bits per heavy atom. The first kappa shape index (κ1) is 6.61. The van der Waals surface area contributed by atoms with Crippen molar-refractivity contribution < 1.29 is 4.39 Å². The summed E-state index contributed by atoms with van der Waals surface area (Å²) in [4.78, 5) is 0. The highest BCUT2D eigenvalue weighted by molar-refractivity contribution is 5.42. The summed E-state index contributed by atoms with van der Waals surface area (Å²) in [5.74, 6) is -0.0324. The predicted molar refractivity (Wildman–Crippen MR) is 44.2 cm³/mol. The van der Waals surface area contributed by atoms with Gasteiger partial charge in [0.2, 0.25) is 0 Å². The summed E-state index contributed by atoms with van der Waals surface area (Å²) < 4.78 is 13.4. The molecule has 12 heavy (non-hydrogen) atoms. The normalized spacial score (nSPS) is 22.8. The summed E-state index contributed by atoms with van der Waals surface area (Å²) in [6.45, 7) is 0.840. The average Bonchev–Trinajstić information content (AvgIpc) is 2.71. The largest absolute Gasteiger partial charge is 0.303 e. The standard InChI is InChI=1S/C10H10FN/c11-8-3-1-2-7-6-12-10(4-5-10)9(7)8/h1-3,12H,4-6H2. The topological polar surface area (TPSA) is 12.0 Å². The number of hydrogen-bond donors (Lipinski definition) is 1. The van der Waals surface area contributed by atoms with Crippen LogP contribution < -0.4 is 5.32 Å². The number of rotatable bonds is 0. The number of hydrogen-bond acceptors (Lipinski definition) is 1. The van der Waals surface area contributed by atoms with Gasteiger partial charge in [0.15, 0.2) is 0 Å². The van der Waals surface area contributed by atoms with Crippen molar-refractivity contribution in [2.24, 2.45) is 0 Å². The zero-order chi connectivity index (χ0) is 8.18. The quantitative estimate of drug-likeness (QED) is 0.616. The maximum absolute atomic E-state index is 13.4. The van der Waals surface area contributed by atoms with Crippen molar-refractivity contribution in [2.45, 2.75) is 24.9 Å². The highest BCUT2D eigenvalue weighted by atomic mass is 19.1. The molecule has 0 aromatic heterocycles. The molecule has 0 atom stereocenters. The molecule has 0 unspecified atom stereocenters. The Hall–Kier alpha value is -0.890. The van der Waals surface area contributed by atoms with Crippen molar-refractivity contribution in [1.29, 1.82) is 0 Å². The summed E-state index contributed by atoms with van der Waals surface area (Å²) in [6.07, 6.45) is 2.20. The van der Waals surface area contributed by atoms with Crippen LogP contribution in [0, 0.1) is 5.82 Å².